The van der Waals surface area contributed by atoms with Crippen LogP contribution in [0, 0.1) is 13.8 Å². The highest BCUT2D eigenvalue weighted by Crippen LogP contribution is 2.24. The lowest BCUT2D eigenvalue weighted by molar-refractivity contribution is -0.122. The number of hydrogen-bond donors (Lipinski definition) is 1. The molecule has 3 rings (SSSR count). The van der Waals surface area contributed by atoms with Crippen LogP contribution in [0.4, 0.5) is 5.69 Å². The van der Waals surface area contributed by atoms with E-state index in [0.29, 0.717) is 0 Å². The highest BCUT2D eigenvalue weighted by Gasteiger charge is 2.17. The summed E-state index contributed by atoms with van der Waals surface area (Å²) in [5.41, 5.74) is 2.83. The van der Waals surface area contributed by atoms with E-state index in [1.807, 2.05) is 74.5 Å². The monoisotopic (exact) mass is 319 g/mol. The third-order valence-corrected chi connectivity index (χ3v) is 4.09. The van der Waals surface area contributed by atoms with Crippen molar-refractivity contribution >= 4 is 22.4 Å². The van der Waals surface area contributed by atoms with Gasteiger partial charge in [-0.15, -0.1) is 0 Å². The molecule has 3 aromatic rings. The first-order chi connectivity index (χ1) is 11.5. The van der Waals surface area contributed by atoms with E-state index in [-0.39, 0.29) is 5.91 Å². The molecule has 24 heavy (non-hydrogen) atoms. The van der Waals surface area contributed by atoms with Gasteiger partial charge in [0.05, 0.1) is 0 Å². The number of carbonyl (C=O) groups is 1. The average Bonchev–Trinajstić information content (AvgIpc) is 2.58. The molecule has 3 aromatic carbocycles. The Balaban J connectivity index is 1.73. The van der Waals surface area contributed by atoms with Crippen molar-refractivity contribution in [2.45, 2.75) is 26.9 Å². The fourth-order valence-corrected chi connectivity index (χ4v) is 2.73. The third kappa shape index (κ3) is 3.40. The van der Waals surface area contributed by atoms with E-state index in [4.69, 9.17) is 4.74 Å². The molecule has 0 saturated carbocycles. The molecule has 0 radical (unpaired) electrons. The Morgan fingerprint density at radius 2 is 1.58 bits per heavy atom. The van der Waals surface area contributed by atoms with Crippen LogP contribution in [-0.2, 0) is 4.79 Å². The van der Waals surface area contributed by atoms with Gasteiger partial charge in [-0.05, 0) is 54.8 Å². The maximum absolute atomic E-state index is 12.4. The summed E-state index contributed by atoms with van der Waals surface area (Å²) in [6.07, 6.45) is -0.573. The molecule has 0 saturated heterocycles. The van der Waals surface area contributed by atoms with Crippen molar-refractivity contribution in [3.63, 3.8) is 0 Å². The van der Waals surface area contributed by atoms with Crippen LogP contribution in [-0.4, -0.2) is 12.0 Å². The van der Waals surface area contributed by atoms with E-state index >= 15 is 0 Å². The average molecular weight is 319 g/mol. The second kappa shape index (κ2) is 6.75. The van der Waals surface area contributed by atoms with E-state index < -0.39 is 6.10 Å². The Morgan fingerprint density at radius 3 is 2.29 bits per heavy atom. The number of hydrogen-bond acceptors (Lipinski definition) is 2. The van der Waals surface area contributed by atoms with Crippen LogP contribution in [0.1, 0.15) is 18.1 Å². The van der Waals surface area contributed by atoms with Gasteiger partial charge in [0.15, 0.2) is 6.10 Å². The zero-order chi connectivity index (χ0) is 17.1. The minimum atomic E-state index is -0.573. The molecule has 1 amide bonds. The van der Waals surface area contributed by atoms with Gasteiger partial charge in [-0.1, -0.05) is 48.5 Å². The molecule has 1 N–H and O–H groups in total. The van der Waals surface area contributed by atoms with Crippen LogP contribution in [0.3, 0.4) is 0 Å². The lowest BCUT2D eigenvalue weighted by atomic mass is 10.1. The summed E-state index contributed by atoms with van der Waals surface area (Å²) in [4.78, 5) is 12.4. The first-order valence-corrected chi connectivity index (χ1v) is 8.07. The van der Waals surface area contributed by atoms with Gasteiger partial charge in [0.1, 0.15) is 5.75 Å². The minimum absolute atomic E-state index is 0.159. The largest absolute Gasteiger partial charge is 0.480 e. The SMILES string of the molecule is Cc1cccc(C)c1OC(C)C(=O)Nc1ccc2ccccc2c1. The highest BCUT2D eigenvalue weighted by atomic mass is 16.5. The molecular formula is C21H21NO2. The Morgan fingerprint density at radius 1 is 0.917 bits per heavy atom. The smallest absolute Gasteiger partial charge is 0.265 e. The van der Waals surface area contributed by atoms with E-state index in [1.165, 1.54) is 0 Å². The van der Waals surface area contributed by atoms with Gasteiger partial charge in [0.25, 0.3) is 5.91 Å². The van der Waals surface area contributed by atoms with Crippen LogP contribution in [0.15, 0.2) is 60.7 Å². The molecule has 0 heterocycles. The summed E-state index contributed by atoms with van der Waals surface area (Å²) >= 11 is 0. The predicted molar refractivity (Wildman–Crippen MR) is 98.6 cm³/mol. The molecule has 0 spiro atoms. The van der Waals surface area contributed by atoms with Crippen molar-refractivity contribution in [2.75, 3.05) is 5.32 Å². The number of aryl methyl sites for hydroxylation is 2. The number of ether oxygens (including phenoxy) is 1. The van der Waals surface area contributed by atoms with Crippen LogP contribution in [0.2, 0.25) is 0 Å². The van der Waals surface area contributed by atoms with Crippen molar-refractivity contribution in [1.29, 1.82) is 0 Å². The van der Waals surface area contributed by atoms with Crippen molar-refractivity contribution in [1.82, 2.24) is 0 Å². The standard InChI is InChI=1S/C21H21NO2/c1-14-7-6-8-15(2)20(14)24-16(3)21(23)22-19-12-11-17-9-4-5-10-18(17)13-19/h4-13,16H,1-3H3,(H,22,23). The van der Waals surface area contributed by atoms with Crippen LogP contribution in [0.25, 0.3) is 10.8 Å². The first-order valence-electron chi connectivity index (χ1n) is 8.07. The molecule has 0 aromatic heterocycles. The van der Waals surface area contributed by atoms with Gasteiger partial charge in [-0.25, -0.2) is 0 Å². The lowest BCUT2D eigenvalue weighted by Gasteiger charge is -2.18. The van der Waals surface area contributed by atoms with Gasteiger partial charge in [-0.3, -0.25) is 4.79 Å². The fraction of sp³-hybridized carbons (Fsp3) is 0.190. The summed E-state index contributed by atoms with van der Waals surface area (Å²) in [6, 6.07) is 19.9. The van der Waals surface area contributed by atoms with Gasteiger partial charge < -0.3 is 10.1 Å². The third-order valence-electron chi connectivity index (χ3n) is 4.09. The molecule has 3 nitrogen and oxygen atoms in total. The molecule has 1 atom stereocenters. The quantitative estimate of drug-likeness (QED) is 0.745. The maximum atomic E-state index is 12.4. The van der Waals surface area contributed by atoms with Crippen molar-refractivity contribution in [3.05, 3.63) is 71.8 Å². The molecule has 1 unspecified atom stereocenters. The van der Waals surface area contributed by atoms with Crippen molar-refractivity contribution in [3.8, 4) is 5.75 Å². The van der Waals surface area contributed by atoms with Crippen molar-refractivity contribution < 1.29 is 9.53 Å². The van der Waals surface area contributed by atoms with E-state index in [9.17, 15) is 4.79 Å². The minimum Gasteiger partial charge on any atom is -0.480 e. The molecule has 0 aliphatic heterocycles. The van der Waals surface area contributed by atoms with Gasteiger partial charge in [0, 0.05) is 5.69 Å². The van der Waals surface area contributed by atoms with Gasteiger partial charge in [0.2, 0.25) is 0 Å². The number of amides is 1. The fourth-order valence-electron chi connectivity index (χ4n) is 2.73. The number of carbonyl (C=O) groups excluding carboxylic acids is 1. The molecule has 0 bridgehead atoms. The lowest BCUT2D eigenvalue weighted by Crippen LogP contribution is -2.30. The number of nitrogens with one attached hydrogen (secondary N) is 1. The number of fused-ring (bicyclic) bond motifs is 1. The van der Waals surface area contributed by atoms with Gasteiger partial charge in [-0.2, -0.15) is 0 Å². The summed E-state index contributed by atoms with van der Waals surface area (Å²) in [6.45, 7) is 5.73. The number of anilines is 1. The topological polar surface area (TPSA) is 38.3 Å². The normalized spacial score (nSPS) is 12.0. The van der Waals surface area contributed by atoms with E-state index in [0.717, 1.165) is 33.3 Å². The zero-order valence-electron chi connectivity index (χ0n) is 14.2. The Hall–Kier alpha value is -2.81. The number of benzene rings is 3. The Labute approximate surface area is 142 Å². The highest BCUT2D eigenvalue weighted by molar-refractivity contribution is 5.96. The predicted octanol–water partition coefficient (Wildman–Crippen LogP) is 4.86. The summed E-state index contributed by atoms with van der Waals surface area (Å²) in [5.74, 6) is 0.617. The van der Waals surface area contributed by atoms with E-state index in [1.54, 1.807) is 6.92 Å². The number of para-hydroxylation sites is 1. The molecule has 0 fully saturated rings. The van der Waals surface area contributed by atoms with Crippen LogP contribution in [0.5, 0.6) is 5.75 Å². The second-order valence-electron chi connectivity index (χ2n) is 6.03. The molecule has 3 heteroatoms. The summed E-state index contributed by atoms with van der Waals surface area (Å²) in [7, 11) is 0. The molecular weight excluding hydrogens is 298 g/mol. The summed E-state index contributed by atoms with van der Waals surface area (Å²) < 4.78 is 5.89. The zero-order valence-corrected chi connectivity index (χ0v) is 14.2. The Kier molecular flexibility index (Phi) is 4.52. The van der Waals surface area contributed by atoms with Gasteiger partial charge >= 0.3 is 0 Å². The maximum Gasteiger partial charge on any atom is 0.265 e. The first kappa shape index (κ1) is 16.1. The molecule has 0 aliphatic carbocycles. The summed E-state index contributed by atoms with van der Waals surface area (Å²) in [5, 5.41) is 5.17. The molecule has 0 aliphatic rings. The second-order valence-corrected chi connectivity index (χ2v) is 6.03. The van der Waals surface area contributed by atoms with Crippen molar-refractivity contribution in [2.24, 2.45) is 0 Å². The van der Waals surface area contributed by atoms with Crippen LogP contribution < -0.4 is 10.1 Å². The van der Waals surface area contributed by atoms with Crippen LogP contribution >= 0.6 is 0 Å². The van der Waals surface area contributed by atoms with E-state index in [2.05, 4.69) is 5.32 Å². The Bertz CT molecular complexity index is 866. The number of rotatable bonds is 4. The molecule has 122 valence electrons.